The summed E-state index contributed by atoms with van der Waals surface area (Å²) in [5.74, 6) is -1.35. The lowest BCUT2D eigenvalue weighted by molar-refractivity contribution is -0.140. The second kappa shape index (κ2) is 10.8. The molecule has 1 aliphatic heterocycles. The molecule has 1 aromatic heterocycles. The molecule has 5 nitrogen and oxygen atoms in total. The third-order valence-corrected chi connectivity index (χ3v) is 7.22. The lowest BCUT2D eigenvalue weighted by Crippen LogP contribution is -2.38. The molecule has 1 amide bonds. The van der Waals surface area contributed by atoms with Crippen LogP contribution in [0.2, 0.25) is 10.0 Å². The van der Waals surface area contributed by atoms with Crippen molar-refractivity contribution in [3.63, 3.8) is 0 Å². The minimum atomic E-state index is -4.77. The van der Waals surface area contributed by atoms with Gasteiger partial charge in [-0.05, 0) is 48.5 Å². The molecule has 1 saturated heterocycles. The Bertz CT molecular complexity index is 1290. The first-order chi connectivity index (χ1) is 17.5. The van der Waals surface area contributed by atoms with E-state index in [0.717, 1.165) is 17.7 Å². The summed E-state index contributed by atoms with van der Waals surface area (Å²) in [5.41, 5.74) is 0.318. The van der Waals surface area contributed by atoms with Crippen LogP contribution in [0.1, 0.15) is 33.0 Å². The minimum absolute atomic E-state index is 0.170. The largest absolute Gasteiger partial charge is 0.481 e. The van der Waals surface area contributed by atoms with Crippen molar-refractivity contribution in [2.75, 3.05) is 27.2 Å². The van der Waals surface area contributed by atoms with Gasteiger partial charge >= 0.3 is 6.18 Å². The predicted octanol–water partition coefficient (Wildman–Crippen LogP) is 6.30. The summed E-state index contributed by atoms with van der Waals surface area (Å²) in [4.78, 5) is 21.0. The van der Waals surface area contributed by atoms with E-state index >= 15 is 0 Å². The Balaban J connectivity index is 1.60. The molecule has 0 aliphatic carbocycles. The lowest BCUT2D eigenvalue weighted by atomic mass is 9.93. The van der Waals surface area contributed by atoms with Crippen LogP contribution >= 0.6 is 23.2 Å². The van der Waals surface area contributed by atoms with Gasteiger partial charge in [-0.1, -0.05) is 35.3 Å². The van der Waals surface area contributed by atoms with E-state index in [1.165, 1.54) is 19.4 Å². The molecule has 2 atom stereocenters. The number of carbonyl (C=O) groups is 1. The Kier molecular flexibility index (Phi) is 7.96. The van der Waals surface area contributed by atoms with Crippen LogP contribution in [0, 0.1) is 5.82 Å². The lowest BCUT2D eigenvalue weighted by Gasteiger charge is -2.29. The smallest absolute Gasteiger partial charge is 0.419 e. The number of halogens is 6. The predicted molar refractivity (Wildman–Crippen MR) is 133 cm³/mol. The van der Waals surface area contributed by atoms with Crippen molar-refractivity contribution in [1.29, 1.82) is 0 Å². The summed E-state index contributed by atoms with van der Waals surface area (Å²) in [6.07, 6.45) is -3.33. The molecule has 0 bridgehead atoms. The fourth-order valence-corrected chi connectivity index (χ4v) is 4.88. The van der Waals surface area contributed by atoms with E-state index in [2.05, 4.69) is 4.98 Å². The standard InChI is InChI=1S/C26H23Cl2F4N3O2/c1-34(12-15-3-6-19(22(29)9-15)26(30,31)32)23-14-35(25(36)17-5-8-24(37-2)33-11-17)13-18(23)16-4-7-20(27)21(28)10-16/h3-11,18,23H,12-14H2,1-2H3/t18-,23-/m1/s1. The molecular weight excluding hydrogens is 533 g/mol. The maximum Gasteiger partial charge on any atom is 0.419 e. The number of likely N-dealkylation sites (N-methyl/N-ethyl adjacent to an activating group) is 1. The maximum absolute atomic E-state index is 14.2. The number of hydrogen-bond acceptors (Lipinski definition) is 4. The molecular formula is C26H23Cl2F4N3O2. The SMILES string of the molecule is COc1ccc(C(=O)N2C[C@H](c3ccc(Cl)c(Cl)c3)[C@H](N(C)Cc3ccc(C(F)(F)F)c(F)c3)C2)cn1. The number of amides is 1. The van der Waals surface area contributed by atoms with Gasteiger partial charge in [-0.25, -0.2) is 9.37 Å². The average Bonchev–Trinajstić information content (AvgIpc) is 3.30. The second-order valence-corrected chi connectivity index (χ2v) is 9.69. The molecule has 1 aliphatic rings. The van der Waals surface area contributed by atoms with E-state index < -0.39 is 17.6 Å². The summed E-state index contributed by atoms with van der Waals surface area (Å²) in [7, 11) is 3.27. The molecule has 0 unspecified atom stereocenters. The van der Waals surface area contributed by atoms with Crippen molar-refractivity contribution in [2.45, 2.75) is 24.7 Å². The second-order valence-electron chi connectivity index (χ2n) is 8.87. The average molecular weight is 556 g/mol. The van der Waals surface area contributed by atoms with Crippen molar-refractivity contribution < 1.29 is 27.1 Å². The highest BCUT2D eigenvalue weighted by atomic mass is 35.5. The molecule has 2 heterocycles. The molecule has 2 aromatic carbocycles. The summed E-state index contributed by atoms with van der Waals surface area (Å²) in [5, 5.41) is 0.764. The fraction of sp³-hybridized carbons (Fsp3) is 0.308. The first kappa shape index (κ1) is 27.2. The quantitative estimate of drug-likeness (QED) is 0.335. The molecule has 3 aromatic rings. The van der Waals surface area contributed by atoms with Gasteiger partial charge in [-0.2, -0.15) is 13.2 Å². The van der Waals surface area contributed by atoms with Gasteiger partial charge in [0.1, 0.15) is 5.82 Å². The highest BCUT2D eigenvalue weighted by molar-refractivity contribution is 6.42. The summed E-state index contributed by atoms with van der Waals surface area (Å²) >= 11 is 12.4. The number of carbonyl (C=O) groups excluding carboxylic acids is 1. The number of ether oxygens (including phenoxy) is 1. The summed E-state index contributed by atoms with van der Waals surface area (Å²) in [6.45, 7) is 0.859. The molecule has 0 radical (unpaired) electrons. The number of benzene rings is 2. The first-order valence-electron chi connectivity index (χ1n) is 11.3. The zero-order valence-electron chi connectivity index (χ0n) is 19.9. The van der Waals surface area contributed by atoms with Crippen molar-refractivity contribution in [3.8, 4) is 5.88 Å². The number of rotatable bonds is 6. The van der Waals surface area contributed by atoms with Gasteiger partial charge in [0.05, 0.1) is 28.3 Å². The van der Waals surface area contributed by atoms with Crippen LogP contribution in [-0.2, 0) is 12.7 Å². The highest BCUT2D eigenvalue weighted by Crippen LogP contribution is 2.36. The zero-order chi connectivity index (χ0) is 26.9. The molecule has 11 heteroatoms. The van der Waals surface area contributed by atoms with Crippen LogP contribution in [0.15, 0.2) is 54.7 Å². The Morgan fingerprint density at radius 1 is 1.11 bits per heavy atom. The van der Waals surface area contributed by atoms with E-state index in [4.69, 9.17) is 27.9 Å². The van der Waals surface area contributed by atoms with Crippen molar-refractivity contribution in [2.24, 2.45) is 0 Å². The van der Waals surface area contributed by atoms with E-state index in [1.807, 2.05) is 11.0 Å². The third-order valence-electron chi connectivity index (χ3n) is 6.48. The van der Waals surface area contributed by atoms with Gasteiger partial charge in [0, 0.05) is 43.9 Å². The molecule has 4 rings (SSSR count). The van der Waals surface area contributed by atoms with Gasteiger partial charge in [0.15, 0.2) is 0 Å². The van der Waals surface area contributed by atoms with Gasteiger partial charge < -0.3 is 9.64 Å². The van der Waals surface area contributed by atoms with E-state index in [9.17, 15) is 22.4 Å². The molecule has 1 fully saturated rings. The van der Waals surface area contributed by atoms with Gasteiger partial charge in [-0.3, -0.25) is 9.69 Å². The summed E-state index contributed by atoms with van der Waals surface area (Å²) in [6, 6.07) is 11.2. The van der Waals surface area contributed by atoms with Crippen LogP contribution in [0.25, 0.3) is 0 Å². The van der Waals surface area contributed by atoms with Crippen LogP contribution in [0.4, 0.5) is 17.6 Å². The number of pyridine rings is 1. The van der Waals surface area contributed by atoms with Crippen LogP contribution < -0.4 is 4.74 Å². The number of aromatic nitrogens is 1. The van der Waals surface area contributed by atoms with E-state index in [-0.39, 0.29) is 24.4 Å². The Labute approximate surface area is 221 Å². The number of likely N-dealkylation sites (tertiary alicyclic amines) is 1. The van der Waals surface area contributed by atoms with Crippen LogP contribution in [0.3, 0.4) is 0 Å². The Morgan fingerprint density at radius 2 is 1.86 bits per heavy atom. The molecule has 0 N–H and O–H groups in total. The highest BCUT2D eigenvalue weighted by Gasteiger charge is 2.39. The molecule has 37 heavy (non-hydrogen) atoms. The first-order valence-corrected chi connectivity index (χ1v) is 12.0. The number of nitrogens with zero attached hydrogens (tertiary/aromatic N) is 3. The minimum Gasteiger partial charge on any atom is -0.481 e. The van der Waals surface area contributed by atoms with E-state index in [0.29, 0.717) is 40.1 Å². The Morgan fingerprint density at radius 3 is 2.46 bits per heavy atom. The van der Waals surface area contributed by atoms with Crippen LogP contribution in [0.5, 0.6) is 5.88 Å². The van der Waals surface area contributed by atoms with Crippen LogP contribution in [-0.4, -0.2) is 54.0 Å². The van der Waals surface area contributed by atoms with Crippen molar-refractivity contribution in [3.05, 3.63) is 92.8 Å². The van der Waals surface area contributed by atoms with Gasteiger partial charge in [0.2, 0.25) is 5.88 Å². The van der Waals surface area contributed by atoms with Gasteiger partial charge in [-0.15, -0.1) is 0 Å². The monoisotopic (exact) mass is 555 g/mol. The van der Waals surface area contributed by atoms with Crippen molar-refractivity contribution in [1.82, 2.24) is 14.8 Å². The fourth-order valence-electron chi connectivity index (χ4n) is 4.57. The third kappa shape index (κ3) is 6.00. The molecule has 0 saturated carbocycles. The van der Waals surface area contributed by atoms with E-state index in [1.54, 1.807) is 36.2 Å². The number of alkyl halides is 3. The number of hydrogen-bond donors (Lipinski definition) is 0. The zero-order valence-corrected chi connectivity index (χ0v) is 21.4. The maximum atomic E-state index is 14.2. The molecule has 196 valence electrons. The van der Waals surface area contributed by atoms with Crippen molar-refractivity contribution >= 4 is 29.1 Å². The number of methoxy groups -OCH3 is 1. The summed E-state index contributed by atoms with van der Waals surface area (Å²) < 4.78 is 58.1. The topological polar surface area (TPSA) is 45.7 Å². The molecule has 0 spiro atoms. The normalized spacial score (nSPS) is 17.9. The Hall–Kier alpha value is -2.88. The van der Waals surface area contributed by atoms with Gasteiger partial charge in [0.25, 0.3) is 5.91 Å².